The number of hydrogen-bond acceptors (Lipinski definition) is 2. The Labute approximate surface area is 407 Å². The molecule has 11 aromatic carbocycles. The number of para-hydroxylation sites is 2. The van der Waals surface area contributed by atoms with E-state index in [9.17, 15) is 0 Å². The van der Waals surface area contributed by atoms with Gasteiger partial charge < -0.3 is 9.32 Å². The van der Waals surface area contributed by atoms with Gasteiger partial charge in [-0.25, -0.2) is 0 Å². The number of hydrogen-bond donors (Lipinski definition) is 0. The third-order valence-electron chi connectivity index (χ3n) is 15.8. The highest BCUT2D eigenvalue weighted by Crippen LogP contribution is 2.67. The van der Waals surface area contributed by atoms with Crippen molar-refractivity contribution in [3.8, 4) is 44.5 Å². The molecule has 3 aliphatic carbocycles. The molecule has 2 nitrogen and oxygen atoms in total. The van der Waals surface area contributed by atoms with E-state index in [-0.39, 0.29) is 0 Å². The van der Waals surface area contributed by atoms with E-state index in [1.54, 1.807) is 0 Å². The highest BCUT2D eigenvalue weighted by Gasteiger charge is 2.59. The second-order valence-corrected chi connectivity index (χ2v) is 19.0. The fourth-order valence-corrected chi connectivity index (χ4v) is 13.0. The van der Waals surface area contributed by atoms with Crippen molar-refractivity contribution in [3.05, 3.63) is 305 Å². The zero-order chi connectivity index (χ0) is 46.0. The summed E-state index contributed by atoms with van der Waals surface area (Å²) in [6, 6.07) is 96.9. The molecule has 0 saturated heterocycles. The van der Waals surface area contributed by atoms with Crippen LogP contribution in [0.5, 0.6) is 0 Å². The average Bonchev–Trinajstić information content (AvgIpc) is 4.07. The Kier molecular flexibility index (Phi) is 8.24. The summed E-state index contributed by atoms with van der Waals surface area (Å²) in [6.45, 7) is 0. The minimum absolute atomic E-state index is 0.559. The molecule has 0 bridgehead atoms. The minimum Gasteiger partial charge on any atom is -0.455 e. The molecule has 70 heavy (non-hydrogen) atoms. The SMILES string of the molecule is c1ccc(-c2ccc(N(c3ccc(-c4cccc5c4oc4ccccc45)cc3)c3ccc4c(c3)C3(c5ccccc5-c5ccccc53)c3ccccc3C43c4ccccc4-c4ccccc43)cc2)cc1. The Morgan fingerprint density at radius 3 is 1.23 bits per heavy atom. The van der Waals surface area contributed by atoms with Crippen LogP contribution in [0, 0.1) is 0 Å². The molecule has 2 spiro atoms. The van der Waals surface area contributed by atoms with E-state index in [0.29, 0.717) is 0 Å². The van der Waals surface area contributed by atoms with Crippen molar-refractivity contribution in [1.82, 2.24) is 0 Å². The van der Waals surface area contributed by atoms with Gasteiger partial charge in [0.2, 0.25) is 0 Å². The molecule has 326 valence electrons. The molecule has 0 fully saturated rings. The molecular formula is C68H43NO. The van der Waals surface area contributed by atoms with Crippen LogP contribution in [0.3, 0.4) is 0 Å². The van der Waals surface area contributed by atoms with Crippen LogP contribution in [0.15, 0.2) is 265 Å². The smallest absolute Gasteiger partial charge is 0.143 e. The fourth-order valence-electron chi connectivity index (χ4n) is 13.0. The summed E-state index contributed by atoms with van der Waals surface area (Å²) < 4.78 is 6.55. The summed E-state index contributed by atoms with van der Waals surface area (Å²) in [5, 5.41) is 2.26. The predicted octanol–water partition coefficient (Wildman–Crippen LogP) is 17.4. The molecule has 0 amide bonds. The Bertz CT molecular complexity index is 3970. The number of rotatable bonds is 5. The summed E-state index contributed by atoms with van der Waals surface area (Å²) in [7, 11) is 0. The third-order valence-corrected chi connectivity index (χ3v) is 15.8. The lowest BCUT2D eigenvalue weighted by Crippen LogP contribution is -2.43. The summed E-state index contributed by atoms with van der Waals surface area (Å²) in [5.41, 5.74) is 24.2. The first-order chi connectivity index (χ1) is 34.7. The molecule has 0 atom stereocenters. The van der Waals surface area contributed by atoms with Crippen LogP contribution in [-0.2, 0) is 10.8 Å². The Morgan fingerprint density at radius 2 is 0.657 bits per heavy atom. The quantitative estimate of drug-likeness (QED) is 0.171. The first-order valence-corrected chi connectivity index (χ1v) is 24.3. The largest absolute Gasteiger partial charge is 0.455 e. The molecule has 2 heteroatoms. The molecule has 0 unspecified atom stereocenters. The van der Waals surface area contributed by atoms with Gasteiger partial charge in [0.05, 0.1) is 10.8 Å². The van der Waals surface area contributed by atoms with Crippen molar-refractivity contribution in [2.24, 2.45) is 0 Å². The van der Waals surface area contributed by atoms with E-state index in [4.69, 9.17) is 4.42 Å². The lowest BCUT2D eigenvalue weighted by Gasteiger charge is -2.49. The molecule has 15 rings (SSSR count). The van der Waals surface area contributed by atoms with Gasteiger partial charge in [-0.3, -0.25) is 0 Å². The van der Waals surface area contributed by atoms with Crippen molar-refractivity contribution < 1.29 is 4.42 Å². The van der Waals surface area contributed by atoms with Crippen LogP contribution < -0.4 is 4.90 Å². The van der Waals surface area contributed by atoms with Crippen LogP contribution in [0.4, 0.5) is 17.1 Å². The molecule has 0 saturated carbocycles. The topological polar surface area (TPSA) is 16.4 Å². The van der Waals surface area contributed by atoms with Crippen LogP contribution in [0.25, 0.3) is 66.4 Å². The van der Waals surface area contributed by atoms with Crippen LogP contribution >= 0.6 is 0 Å². The van der Waals surface area contributed by atoms with Crippen molar-refractivity contribution in [1.29, 1.82) is 0 Å². The second-order valence-electron chi connectivity index (χ2n) is 19.0. The predicted molar refractivity (Wildman–Crippen MR) is 287 cm³/mol. The Hall–Kier alpha value is -8.98. The average molecular weight is 890 g/mol. The van der Waals surface area contributed by atoms with Crippen LogP contribution in [-0.4, -0.2) is 0 Å². The standard InChI is InChI=1S/C68H43NO/c1-2-17-44(18-3-1)45-33-37-47(38-34-45)69(48-39-35-46(36-40-48)50-24-16-25-56-55-23-8-15-32-65(55)70-66(50)56)49-41-42-63-64(43-49)68(59-28-11-6-21-53(59)54-22-7-12-29-60(54)68)62-31-14-13-30-61(62)67(63)57-26-9-4-19-51(57)52-20-5-10-27-58(52)67/h1-43H. The second kappa shape index (κ2) is 14.8. The molecule has 3 aliphatic rings. The third kappa shape index (κ3) is 5.17. The van der Waals surface area contributed by atoms with E-state index >= 15 is 0 Å². The van der Waals surface area contributed by atoms with E-state index < -0.39 is 10.8 Å². The monoisotopic (exact) mass is 889 g/mol. The Morgan fingerprint density at radius 1 is 0.257 bits per heavy atom. The van der Waals surface area contributed by atoms with E-state index in [2.05, 4.69) is 260 Å². The maximum Gasteiger partial charge on any atom is 0.143 e. The molecular weight excluding hydrogens is 847 g/mol. The van der Waals surface area contributed by atoms with Gasteiger partial charge in [0.1, 0.15) is 11.2 Å². The van der Waals surface area contributed by atoms with Gasteiger partial charge in [0.25, 0.3) is 0 Å². The molecule has 1 heterocycles. The first kappa shape index (κ1) is 39.1. The Balaban J connectivity index is 1.00. The highest BCUT2D eigenvalue weighted by atomic mass is 16.3. The molecule has 0 N–H and O–H groups in total. The fraction of sp³-hybridized carbons (Fsp3) is 0.0294. The van der Waals surface area contributed by atoms with Gasteiger partial charge in [-0.1, -0.05) is 218 Å². The van der Waals surface area contributed by atoms with Crippen LogP contribution in [0.1, 0.15) is 44.5 Å². The summed E-state index contributed by atoms with van der Waals surface area (Å²) in [4.78, 5) is 2.45. The van der Waals surface area contributed by atoms with E-state index in [0.717, 1.165) is 50.1 Å². The van der Waals surface area contributed by atoms with Crippen molar-refractivity contribution >= 4 is 39.0 Å². The van der Waals surface area contributed by atoms with Gasteiger partial charge in [0.15, 0.2) is 0 Å². The maximum atomic E-state index is 6.55. The molecule has 12 aromatic rings. The van der Waals surface area contributed by atoms with E-state index in [1.165, 1.54) is 77.9 Å². The van der Waals surface area contributed by atoms with Crippen molar-refractivity contribution in [2.45, 2.75) is 10.8 Å². The number of benzene rings is 11. The van der Waals surface area contributed by atoms with Gasteiger partial charge in [-0.15, -0.1) is 0 Å². The van der Waals surface area contributed by atoms with Gasteiger partial charge in [0, 0.05) is 33.4 Å². The van der Waals surface area contributed by atoms with E-state index in [1.807, 2.05) is 6.07 Å². The van der Waals surface area contributed by atoms with Crippen molar-refractivity contribution in [2.75, 3.05) is 4.90 Å². The zero-order valence-electron chi connectivity index (χ0n) is 38.2. The summed E-state index contributed by atoms with van der Waals surface area (Å²) in [6.07, 6.45) is 0. The zero-order valence-corrected chi connectivity index (χ0v) is 38.2. The van der Waals surface area contributed by atoms with Gasteiger partial charge >= 0.3 is 0 Å². The van der Waals surface area contributed by atoms with Crippen LogP contribution in [0.2, 0.25) is 0 Å². The number of nitrogens with zero attached hydrogens (tertiary/aromatic N) is 1. The number of fused-ring (bicyclic) bond motifs is 19. The minimum atomic E-state index is -0.606. The maximum absolute atomic E-state index is 6.55. The number of furan rings is 1. The van der Waals surface area contributed by atoms with Crippen molar-refractivity contribution in [3.63, 3.8) is 0 Å². The first-order valence-electron chi connectivity index (χ1n) is 24.3. The van der Waals surface area contributed by atoms with Gasteiger partial charge in [-0.2, -0.15) is 0 Å². The number of anilines is 3. The molecule has 0 aliphatic heterocycles. The summed E-state index contributed by atoms with van der Waals surface area (Å²) >= 11 is 0. The molecule has 1 aromatic heterocycles. The van der Waals surface area contributed by atoms with Gasteiger partial charge in [-0.05, 0) is 126 Å². The lowest BCUT2D eigenvalue weighted by atomic mass is 9.52. The lowest BCUT2D eigenvalue weighted by molar-refractivity contribution is 0.633. The molecule has 0 radical (unpaired) electrons. The summed E-state index contributed by atoms with van der Waals surface area (Å²) in [5.74, 6) is 0. The normalized spacial score (nSPS) is 13.9. The highest BCUT2D eigenvalue weighted by molar-refractivity contribution is 6.09.